The van der Waals surface area contributed by atoms with Gasteiger partial charge < -0.3 is 24.8 Å². The average Bonchev–Trinajstić information content (AvgIpc) is 2.47. The molecule has 2 heterocycles. The molecule has 1 saturated heterocycles. The van der Waals surface area contributed by atoms with Gasteiger partial charge in [0.1, 0.15) is 13.2 Å². The lowest BCUT2D eigenvalue weighted by Gasteiger charge is -2.30. The van der Waals surface area contributed by atoms with Gasteiger partial charge in [0.15, 0.2) is 11.5 Å². The van der Waals surface area contributed by atoms with Gasteiger partial charge in [-0.15, -0.1) is 0 Å². The summed E-state index contributed by atoms with van der Waals surface area (Å²) in [4.78, 5) is 2.14. The molecule has 110 valence electrons. The fraction of sp³-hybridized carbons (Fsp3) is 0.600. The summed E-state index contributed by atoms with van der Waals surface area (Å²) in [7, 11) is 2.04. The summed E-state index contributed by atoms with van der Waals surface area (Å²) in [6.07, 6.45) is 3.83. The number of nitrogen functional groups attached to an aromatic ring is 1. The van der Waals surface area contributed by atoms with Crippen molar-refractivity contribution < 1.29 is 14.2 Å². The number of anilines is 2. The highest BCUT2D eigenvalue weighted by Gasteiger charge is 2.20. The number of likely N-dealkylation sites (N-methyl/N-ethyl adjacent to an activating group) is 1. The Balaban J connectivity index is 1.74. The first-order valence-electron chi connectivity index (χ1n) is 7.26. The van der Waals surface area contributed by atoms with Crippen molar-refractivity contribution in [2.24, 2.45) is 0 Å². The molecule has 1 atom stereocenters. The van der Waals surface area contributed by atoms with Crippen molar-refractivity contribution in [2.45, 2.75) is 25.4 Å². The molecule has 0 saturated carbocycles. The number of benzene rings is 1. The molecule has 1 aromatic rings. The van der Waals surface area contributed by atoms with E-state index in [4.69, 9.17) is 19.9 Å². The summed E-state index contributed by atoms with van der Waals surface area (Å²) in [5.74, 6) is 1.51. The Labute approximate surface area is 119 Å². The fourth-order valence-electron chi connectivity index (χ4n) is 2.78. The van der Waals surface area contributed by atoms with Crippen molar-refractivity contribution in [2.75, 3.05) is 44.0 Å². The van der Waals surface area contributed by atoms with E-state index in [1.54, 1.807) is 0 Å². The van der Waals surface area contributed by atoms with Crippen molar-refractivity contribution in [1.29, 1.82) is 0 Å². The summed E-state index contributed by atoms with van der Waals surface area (Å²) in [6.45, 7) is 2.89. The highest BCUT2D eigenvalue weighted by molar-refractivity contribution is 5.73. The monoisotopic (exact) mass is 278 g/mol. The first kappa shape index (κ1) is 13.4. The Morgan fingerprint density at radius 2 is 1.90 bits per heavy atom. The van der Waals surface area contributed by atoms with Crippen LogP contribution in [0, 0.1) is 0 Å². The number of rotatable bonds is 3. The van der Waals surface area contributed by atoms with E-state index in [2.05, 4.69) is 4.90 Å². The van der Waals surface area contributed by atoms with Gasteiger partial charge in [0, 0.05) is 32.3 Å². The molecule has 5 heteroatoms. The number of ether oxygens (including phenoxy) is 3. The topological polar surface area (TPSA) is 57.0 Å². The highest BCUT2D eigenvalue weighted by atomic mass is 16.6. The fourth-order valence-corrected chi connectivity index (χ4v) is 2.78. The number of fused-ring (bicyclic) bond motifs is 1. The number of hydrogen-bond donors (Lipinski definition) is 1. The minimum Gasteiger partial charge on any atom is -0.486 e. The molecule has 1 aromatic carbocycles. The molecule has 0 amide bonds. The number of hydrogen-bond acceptors (Lipinski definition) is 5. The van der Waals surface area contributed by atoms with Gasteiger partial charge in [0.25, 0.3) is 0 Å². The largest absolute Gasteiger partial charge is 0.486 e. The molecule has 1 unspecified atom stereocenters. The third kappa shape index (κ3) is 2.77. The molecule has 3 rings (SSSR count). The lowest BCUT2D eigenvalue weighted by molar-refractivity contribution is 0.0216. The van der Waals surface area contributed by atoms with Crippen molar-refractivity contribution in [1.82, 2.24) is 0 Å². The van der Waals surface area contributed by atoms with Crippen molar-refractivity contribution >= 4 is 11.4 Å². The van der Waals surface area contributed by atoms with Gasteiger partial charge in [0.05, 0.1) is 17.5 Å². The Kier molecular flexibility index (Phi) is 3.87. The van der Waals surface area contributed by atoms with Crippen molar-refractivity contribution in [3.63, 3.8) is 0 Å². The van der Waals surface area contributed by atoms with Gasteiger partial charge in [-0.3, -0.25) is 0 Å². The highest BCUT2D eigenvalue weighted by Crippen LogP contribution is 2.38. The van der Waals surface area contributed by atoms with Crippen LogP contribution in [0.5, 0.6) is 11.5 Å². The minimum atomic E-state index is 0.293. The van der Waals surface area contributed by atoms with Gasteiger partial charge >= 0.3 is 0 Å². The molecule has 1 fully saturated rings. The molecular weight excluding hydrogens is 256 g/mol. The van der Waals surface area contributed by atoms with E-state index in [9.17, 15) is 0 Å². The zero-order valence-electron chi connectivity index (χ0n) is 11.9. The predicted octanol–water partition coefficient (Wildman–Crippen LogP) is 2.05. The Morgan fingerprint density at radius 1 is 1.15 bits per heavy atom. The van der Waals surface area contributed by atoms with Crippen LogP contribution in [-0.2, 0) is 4.74 Å². The molecule has 0 spiro atoms. The van der Waals surface area contributed by atoms with Crippen LogP contribution in [0.25, 0.3) is 0 Å². The quantitative estimate of drug-likeness (QED) is 0.858. The zero-order valence-corrected chi connectivity index (χ0v) is 11.9. The normalized spacial score (nSPS) is 21.6. The Morgan fingerprint density at radius 3 is 2.60 bits per heavy atom. The van der Waals surface area contributed by atoms with E-state index < -0.39 is 0 Å². The van der Waals surface area contributed by atoms with Crippen molar-refractivity contribution in [3.8, 4) is 11.5 Å². The van der Waals surface area contributed by atoms with Crippen LogP contribution in [-0.4, -0.2) is 39.5 Å². The van der Waals surface area contributed by atoms with E-state index in [0.717, 1.165) is 36.8 Å². The summed E-state index contributed by atoms with van der Waals surface area (Å²) in [5.41, 5.74) is 7.82. The molecule has 20 heavy (non-hydrogen) atoms. The maximum Gasteiger partial charge on any atom is 0.163 e. The van der Waals surface area contributed by atoms with Gasteiger partial charge in [0.2, 0.25) is 0 Å². The number of nitrogens with zero attached hydrogens (tertiary/aromatic N) is 1. The molecule has 2 aliphatic rings. The van der Waals surface area contributed by atoms with Gasteiger partial charge in [-0.25, -0.2) is 0 Å². The molecule has 2 N–H and O–H groups in total. The van der Waals surface area contributed by atoms with Crippen molar-refractivity contribution in [3.05, 3.63) is 12.1 Å². The van der Waals surface area contributed by atoms with E-state index in [1.165, 1.54) is 12.8 Å². The second-order valence-electron chi connectivity index (χ2n) is 5.42. The zero-order chi connectivity index (χ0) is 13.9. The van der Waals surface area contributed by atoms with E-state index >= 15 is 0 Å². The molecule has 5 nitrogen and oxygen atoms in total. The van der Waals surface area contributed by atoms with Gasteiger partial charge in [-0.2, -0.15) is 0 Å². The van der Waals surface area contributed by atoms with Crippen LogP contribution in [0.1, 0.15) is 19.3 Å². The molecule has 0 aromatic heterocycles. The first-order chi connectivity index (χ1) is 9.74. The standard InChI is InChI=1S/C15H22N2O3/c1-17(10-11-4-2-3-5-18-11)13-9-15-14(8-12(13)16)19-6-7-20-15/h8-9,11H,2-7,10,16H2,1H3. The van der Waals surface area contributed by atoms with E-state index in [1.807, 2.05) is 19.2 Å². The Bertz CT molecular complexity index is 472. The lowest BCUT2D eigenvalue weighted by Crippen LogP contribution is -2.33. The van der Waals surface area contributed by atoms with Crippen LogP contribution in [0.4, 0.5) is 11.4 Å². The summed E-state index contributed by atoms with van der Waals surface area (Å²) < 4.78 is 16.9. The third-order valence-electron chi connectivity index (χ3n) is 3.85. The minimum absolute atomic E-state index is 0.293. The molecule has 0 aliphatic carbocycles. The maximum absolute atomic E-state index is 6.13. The Hall–Kier alpha value is -1.62. The molecular formula is C15H22N2O3. The molecule has 0 radical (unpaired) electrons. The second kappa shape index (κ2) is 5.79. The van der Waals surface area contributed by atoms with Crippen LogP contribution >= 0.6 is 0 Å². The first-order valence-corrected chi connectivity index (χ1v) is 7.26. The van der Waals surface area contributed by atoms with Crippen LogP contribution in [0.2, 0.25) is 0 Å². The van der Waals surface area contributed by atoms with E-state index in [0.29, 0.717) is 25.0 Å². The van der Waals surface area contributed by atoms with Gasteiger partial charge in [-0.05, 0) is 19.3 Å². The molecule has 0 bridgehead atoms. The van der Waals surface area contributed by atoms with Crippen LogP contribution in [0.3, 0.4) is 0 Å². The third-order valence-corrected chi connectivity index (χ3v) is 3.85. The summed E-state index contributed by atoms with van der Waals surface area (Å²) in [5, 5.41) is 0. The number of nitrogens with two attached hydrogens (primary N) is 1. The SMILES string of the molecule is CN(CC1CCCCO1)c1cc2c(cc1N)OCCO2. The summed E-state index contributed by atoms with van der Waals surface area (Å²) in [6, 6.07) is 3.81. The lowest BCUT2D eigenvalue weighted by atomic mass is 10.1. The second-order valence-corrected chi connectivity index (χ2v) is 5.42. The van der Waals surface area contributed by atoms with Gasteiger partial charge in [-0.1, -0.05) is 0 Å². The summed E-state index contributed by atoms with van der Waals surface area (Å²) >= 11 is 0. The van der Waals surface area contributed by atoms with E-state index in [-0.39, 0.29) is 0 Å². The van der Waals surface area contributed by atoms with Crippen LogP contribution in [0.15, 0.2) is 12.1 Å². The smallest absolute Gasteiger partial charge is 0.163 e. The predicted molar refractivity (Wildman–Crippen MR) is 78.7 cm³/mol. The van der Waals surface area contributed by atoms with Crippen LogP contribution < -0.4 is 20.1 Å². The average molecular weight is 278 g/mol. The maximum atomic E-state index is 6.13. The molecule has 2 aliphatic heterocycles.